The van der Waals surface area contributed by atoms with E-state index in [0.29, 0.717) is 11.0 Å². The third-order valence-corrected chi connectivity index (χ3v) is 4.19. The van der Waals surface area contributed by atoms with Gasteiger partial charge in [0.25, 0.3) is 0 Å². The zero-order valence-electron chi connectivity index (χ0n) is 12.4. The number of aromatic nitrogens is 1. The number of nitrogens with zero attached hydrogens (tertiary/aromatic N) is 3. The van der Waals surface area contributed by atoms with Gasteiger partial charge in [-0.15, -0.1) is 0 Å². The first kappa shape index (κ1) is 15.4. The van der Waals surface area contributed by atoms with Crippen LogP contribution in [0.25, 0.3) is 0 Å². The summed E-state index contributed by atoms with van der Waals surface area (Å²) in [6.45, 7) is 6.55. The van der Waals surface area contributed by atoms with E-state index in [1.54, 1.807) is 6.20 Å². The molecule has 1 fully saturated rings. The second-order valence-electron chi connectivity index (χ2n) is 5.52. The van der Waals surface area contributed by atoms with Crippen molar-refractivity contribution in [2.24, 2.45) is 5.73 Å². The van der Waals surface area contributed by atoms with Gasteiger partial charge in [0.2, 0.25) is 0 Å². The van der Waals surface area contributed by atoms with Gasteiger partial charge in [-0.05, 0) is 38.1 Å². The lowest BCUT2D eigenvalue weighted by molar-refractivity contribution is 0.175. The second kappa shape index (κ2) is 7.11. The van der Waals surface area contributed by atoms with E-state index in [2.05, 4.69) is 34.8 Å². The molecular weight excluding hydrogens is 268 g/mol. The van der Waals surface area contributed by atoms with E-state index in [1.165, 1.54) is 13.0 Å². The number of rotatable bonds is 4. The Morgan fingerprint density at radius 2 is 2.30 bits per heavy atom. The molecule has 0 bridgehead atoms. The first-order valence-electron chi connectivity index (χ1n) is 7.28. The average molecular weight is 292 g/mol. The number of pyridine rings is 1. The highest BCUT2D eigenvalue weighted by Crippen LogP contribution is 2.17. The molecule has 5 heteroatoms. The molecule has 1 aromatic rings. The van der Waals surface area contributed by atoms with Crippen LogP contribution in [0.1, 0.15) is 31.0 Å². The molecule has 1 saturated heterocycles. The Morgan fingerprint density at radius 1 is 1.50 bits per heavy atom. The Kier molecular flexibility index (Phi) is 5.46. The van der Waals surface area contributed by atoms with Gasteiger partial charge in [0.1, 0.15) is 10.7 Å². The highest BCUT2D eigenvalue weighted by molar-refractivity contribution is 7.80. The van der Waals surface area contributed by atoms with Crippen molar-refractivity contribution in [3.8, 4) is 0 Å². The molecule has 1 unspecified atom stereocenters. The van der Waals surface area contributed by atoms with E-state index in [0.717, 1.165) is 37.3 Å². The molecule has 0 spiro atoms. The SMILES string of the molecule is CCC1CN(C)CCCN1Cc1cccnc1C(N)=S. The Bertz CT molecular complexity index is 463. The van der Waals surface area contributed by atoms with Gasteiger partial charge in [0.15, 0.2) is 0 Å². The van der Waals surface area contributed by atoms with Crippen LogP contribution in [0.3, 0.4) is 0 Å². The van der Waals surface area contributed by atoms with E-state index >= 15 is 0 Å². The van der Waals surface area contributed by atoms with Gasteiger partial charge in [0.05, 0.1) is 0 Å². The molecule has 0 aliphatic carbocycles. The van der Waals surface area contributed by atoms with Crippen LogP contribution in [0.4, 0.5) is 0 Å². The minimum atomic E-state index is 0.389. The van der Waals surface area contributed by atoms with Gasteiger partial charge in [-0.25, -0.2) is 0 Å². The predicted molar refractivity (Wildman–Crippen MR) is 86.7 cm³/mol. The molecule has 1 aromatic heterocycles. The van der Waals surface area contributed by atoms with Crippen molar-refractivity contribution in [2.75, 3.05) is 26.7 Å². The molecule has 2 heterocycles. The maximum absolute atomic E-state index is 5.78. The molecule has 0 radical (unpaired) electrons. The molecule has 0 amide bonds. The van der Waals surface area contributed by atoms with Crippen molar-refractivity contribution in [1.29, 1.82) is 0 Å². The maximum atomic E-state index is 5.78. The third kappa shape index (κ3) is 3.75. The Hall–Kier alpha value is -1.04. The van der Waals surface area contributed by atoms with Crippen LogP contribution < -0.4 is 5.73 Å². The van der Waals surface area contributed by atoms with Crippen LogP contribution in [-0.2, 0) is 6.54 Å². The van der Waals surface area contributed by atoms with Crippen molar-refractivity contribution in [3.63, 3.8) is 0 Å². The van der Waals surface area contributed by atoms with Gasteiger partial charge in [0, 0.05) is 31.9 Å². The predicted octanol–water partition coefficient (Wildman–Crippen LogP) is 1.63. The van der Waals surface area contributed by atoms with Crippen LogP contribution >= 0.6 is 12.2 Å². The van der Waals surface area contributed by atoms with Gasteiger partial charge in [-0.2, -0.15) is 0 Å². The summed E-state index contributed by atoms with van der Waals surface area (Å²) in [6.07, 6.45) is 4.12. The largest absolute Gasteiger partial charge is 0.388 e. The molecular formula is C15H24N4S. The topological polar surface area (TPSA) is 45.4 Å². The van der Waals surface area contributed by atoms with Crippen molar-refractivity contribution in [1.82, 2.24) is 14.8 Å². The molecule has 1 atom stereocenters. The molecule has 1 aliphatic heterocycles. The number of nitrogens with two attached hydrogens (primary N) is 1. The molecule has 2 rings (SSSR count). The van der Waals surface area contributed by atoms with Gasteiger partial charge < -0.3 is 10.6 Å². The van der Waals surface area contributed by atoms with E-state index < -0.39 is 0 Å². The summed E-state index contributed by atoms with van der Waals surface area (Å²) in [5.74, 6) is 0. The molecule has 20 heavy (non-hydrogen) atoms. The summed E-state index contributed by atoms with van der Waals surface area (Å²) in [6, 6.07) is 4.63. The fourth-order valence-corrected chi connectivity index (χ4v) is 3.08. The van der Waals surface area contributed by atoms with Crippen LogP contribution in [0.2, 0.25) is 0 Å². The van der Waals surface area contributed by atoms with Crippen molar-refractivity contribution in [2.45, 2.75) is 32.4 Å². The highest BCUT2D eigenvalue weighted by Gasteiger charge is 2.23. The van der Waals surface area contributed by atoms with Gasteiger partial charge >= 0.3 is 0 Å². The summed E-state index contributed by atoms with van der Waals surface area (Å²) >= 11 is 5.11. The fourth-order valence-electron chi connectivity index (χ4n) is 2.90. The summed E-state index contributed by atoms with van der Waals surface area (Å²) in [7, 11) is 2.21. The minimum Gasteiger partial charge on any atom is -0.388 e. The van der Waals surface area contributed by atoms with Crippen molar-refractivity contribution in [3.05, 3.63) is 29.6 Å². The Balaban J connectivity index is 2.17. The first-order valence-corrected chi connectivity index (χ1v) is 7.69. The molecule has 4 nitrogen and oxygen atoms in total. The van der Waals surface area contributed by atoms with Crippen LogP contribution in [-0.4, -0.2) is 52.5 Å². The Labute approximate surface area is 127 Å². The zero-order valence-corrected chi connectivity index (χ0v) is 13.2. The van der Waals surface area contributed by atoms with E-state index in [9.17, 15) is 0 Å². The summed E-state index contributed by atoms with van der Waals surface area (Å²) in [4.78, 5) is 9.69. The van der Waals surface area contributed by atoms with Crippen molar-refractivity contribution < 1.29 is 0 Å². The molecule has 2 N–H and O–H groups in total. The standard InChI is InChI=1S/C15H24N4S/c1-3-13-11-18(2)8-5-9-19(13)10-12-6-4-7-17-14(12)15(16)20/h4,6-7,13H,3,5,8-11H2,1-2H3,(H2,16,20). The minimum absolute atomic E-state index is 0.389. The summed E-state index contributed by atoms with van der Waals surface area (Å²) in [5, 5.41) is 0. The summed E-state index contributed by atoms with van der Waals surface area (Å²) < 4.78 is 0. The average Bonchev–Trinajstić information content (AvgIpc) is 2.61. The smallest absolute Gasteiger partial charge is 0.123 e. The third-order valence-electron chi connectivity index (χ3n) is 3.99. The van der Waals surface area contributed by atoms with Gasteiger partial charge in [-0.1, -0.05) is 25.2 Å². The Morgan fingerprint density at radius 3 is 3.00 bits per heavy atom. The highest BCUT2D eigenvalue weighted by atomic mass is 32.1. The van der Waals surface area contributed by atoms with E-state index in [4.69, 9.17) is 18.0 Å². The maximum Gasteiger partial charge on any atom is 0.123 e. The van der Waals surface area contributed by atoms with Crippen LogP contribution in [0.5, 0.6) is 0 Å². The monoisotopic (exact) mass is 292 g/mol. The lowest BCUT2D eigenvalue weighted by Crippen LogP contribution is -2.39. The molecule has 0 saturated carbocycles. The second-order valence-corrected chi connectivity index (χ2v) is 5.96. The van der Waals surface area contributed by atoms with Crippen LogP contribution in [0, 0.1) is 0 Å². The number of hydrogen-bond donors (Lipinski definition) is 1. The number of thiocarbonyl (C=S) groups is 1. The van der Waals surface area contributed by atoms with Crippen molar-refractivity contribution >= 4 is 17.2 Å². The number of likely N-dealkylation sites (N-methyl/N-ethyl adjacent to an activating group) is 1. The van der Waals surface area contributed by atoms with Gasteiger partial charge in [-0.3, -0.25) is 9.88 Å². The lowest BCUT2D eigenvalue weighted by atomic mass is 10.1. The van der Waals surface area contributed by atoms with E-state index in [1.807, 2.05) is 6.07 Å². The first-order chi connectivity index (χ1) is 9.61. The molecule has 1 aliphatic rings. The normalized spacial score (nSPS) is 21.6. The van der Waals surface area contributed by atoms with E-state index in [-0.39, 0.29) is 0 Å². The zero-order chi connectivity index (χ0) is 14.5. The molecule has 0 aromatic carbocycles. The lowest BCUT2D eigenvalue weighted by Gasteiger charge is -2.30. The number of hydrogen-bond acceptors (Lipinski definition) is 4. The molecule has 110 valence electrons. The quantitative estimate of drug-likeness (QED) is 0.855. The summed E-state index contributed by atoms with van der Waals surface area (Å²) in [5.41, 5.74) is 7.70. The fraction of sp³-hybridized carbons (Fsp3) is 0.600. The van der Waals surface area contributed by atoms with Crippen LogP contribution in [0.15, 0.2) is 18.3 Å².